The molecule has 1 aliphatic rings. The first-order valence-corrected chi connectivity index (χ1v) is 6.85. The van der Waals surface area contributed by atoms with Crippen molar-refractivity contribution in [1.82, 2.24) is 5.32 Å². The average molecular weight is 289 g/mol. The van der Waals surface area contributed by atoms with Crippen LogP contribution < -0.4 is 5.32 Å². The summed E-state index contributed by atoms with van der Waals surface area (Å²) < 4.78 is 11.0. The monoisotopic (exact) mass is 289 g/mol. The van der Waals surface area contributed by atoms with Gasteiger partial charge in [-0.05, 0) is 12.8 Å². The van der Waals surface area contributed by atoms with Gasteiger partial charge in [-0.2, -0.15) is 0 Å². The molecule has 0 spiro atoms. The van der Waals surface area contributed by atoms with Crippen LogP contribution in [0.5, 0.6) is 0 Å². The normalized spacial score (nSPS) is 29.9. The van der Waals surface area contributed by atoms with Crippen molar-refractivity contribution in [3.63, 3.8) is 0 Å². The third-order valence-electron chi connectivity index (χ3n) is 3.11. The van der Waals surface area contributed by atoms with Gasteiger partial charge in [0.25, 0.3) is 0 Å². The number of carbonyl (C=O) groups excluding carboxylic acids is 2. The second kappa shape index (κ2) is 9.02. The maximum Gasteiger partial charge on any atom is 0.217 e. The zero-order chi connectivity index (χ0) is 15.0. The van der Waals surface area contributed by atoms with Gasteiger partial charge in [0, 0.05) is 26.4 Å². The van der Waals surface area contributed by atoms with Gasteiger partial charge in [-0.25, -0.2) is 0 Å². The second-order valence-electron chi connectivity index (χ2n) is 4.87. The van der Waals surface area contributed by atoms with Crippen molar-refractivity contribution in [2.75, 3.05) is 13.2 Å². The molecule has 1 heterocycles. The quantitative estimate of drug-likeness (QED) is 0.405. The molecule has 3 N–H and O–H groups in total. The van der Waals surface area contributed by atoms with E-state index in [2.05, 4.69) is 5.32 Å². The Morgan fingerprint density at radius 1 is 1.50 bits per heavy atom. The molecule has 0 radical (unpaired) electrons. The predicted octanol–water partition coefficient (Wildman–Crippen LogP) is -0.655. The average Bonchev–Trinajstić information content (AvgIpc) is 2.41. The number of aliphatic hydroxyl groups excluding tert-OH is 2. The molecule has 4 unspecified atom stereocenters. The highest BCUT2D eigenvalue weighted by Crippen LogP contribution is 2.21. The lowest BCUT2D eigenvalue weighted by Crippen LogP contribution is -2.58. The standard InChI is InChI=1S/C13H23NO6/c1-9(17)14-12-11(18)7-10(8-16)20-13(12)19-6-4-2-3-5-15/h5,10-13,16,18H,2-4,6-8H2,1H3,(H,14,17). The van der Waals surface area contributed by atoms with E-state index in [1.165, 1.54) is 6.92 Å². The molecule has 7 heteroatoms. The molecule has 1 aliphatic heterocycles. The zero-order valence-corrected chi connectivity index (χ0v) is 11.7. The van der Waals surface area contributed by atoms with Crippen LogP contribution >= 0.6 is 0 Å². The Morgan fingerprint density at radius 2 is 2.25 bits per heavy atom. The van der Waals surface area contributed by atoms with Crippen molar-refractivity contribution in [2.45, 2.75) is 57.1 Å². The topological polar surface area (TPSA) is 105 Å². The summed E-state index contributed by atoms with van der Waals surface area (Å²) in [5, 5.41) is 21.7. The maximum absolute atomic E-state index is 11.1. The van der Waals surface area contributed by atoms with Crippen LogP contribution in [0.1, 0.15) is 32.6 Å². The summed E-state index contributed by atoms with van der Waals surface area (Å²) in [6.07, 6.45) is 0.843. The van der Waals surface area contributed by atoms with Crippen LogP contribution in [-0.2, 0) is 19.1 Å². The Bertz CT molecular complexity index is 311. The highest BCUT2D eigenvalue weighted by atomic mass is 16.7. The fraction of sp³-hybridized carbons (Fsp3) is 0.846. The van der Waals surface area contributed by atoms with Crippen molar-refractivity contribution < 1.29 is 29.3 Å². The van der Waals surface area contributed by atoms with Gasteiger partial charge in [-0.1, -0.05) is 0 Å². The van der Waals surface area contributed by atoms with E-state index in [0.717, 1.165) is 6.29 Å². The third kappa shape index (κ3) is 5.54. The molecule has 0 aromatic rings. The summed E-state index contributed by atoms with van der Waals surface area (Å²) in [5.41, 5.74) is 0. The summed E-state index contributed by atoms with van der Waals surface area (Å²) >= 11 is 0. The van der Waals surface area contributed by atoms with Crippen molar-refractivity contribution >= 4 is 12.2 Å². The van der Waals surface area contributed by atoms with E-state index in [-0.39, 0.29) is 18.9 Å². The molecule has 1 amide bonds. The zero-order valence-electron chi connectivity index (χ0n) is 11.7. The SMILES string of the molecule is CC(=O)NC1C(O)CC(CO)OC1OCCCCC=O. The fourth-order valence-electron chi connectivity index (χ4n) is 2.12. The van der Waals surface area contributed by atoms with Gasteiger partial charge < -0.3 is 29.8 Å². The summed E-state index contributed by atoms with van der Waals surface area (Å²) in [5.74, 6) is -0.283. The van der Waals surface area contributed by atoms with Gasteiger partial charge in [-0.15, -0.1) is 0 Å². The van der Waals surface area contributed by atoms with Crippen LogP contribution in [0.25, 0.3) is 0 Å². The van der Waals surface area contributed by atoms with Crippen LogP contribution in [0.4, 0.5) is 0 Å². The Kier molecular flexibility index (Phi) is 7.68. The van der Waals surface area contributed by atoms with Crippen LogP contribution in [-0.4, -0.2) is 60.2 Å². The second-order valence-corrected chi connectivity index (χ2v) is 4.87. The largest absolute Gasteiger partial charge is 0.394 e. The van der Waals surface area contributed by atoms with E-state index < -0.39 is 24.5 Å². The first-order chi connectivity index (χ1) is 9.58. The van der Waals surface area contributed by atoms with Crippen LogP contribution in [0.15, 0.2) is 0 Å². The molecule has 1 fully saturated rings. The Labute approximate surface area is 118 Å². The molecule has 116 valence electrons. The van der Waals surface area contributed by atoms with E-state index >= 15 is 0 Å². The van der Waals surface area contributed by atoms with Gasteiger partial charge in [0.2, 0.25) is 5.91 Å². The Morgan fingerprint density at radius 3 is 2.85 bits per heavy atom. The molecule has 1 rings (SSSR count). The van der Waals surface area contributed by atoms with Gasteiger partial charge in [0.05, 0.1) is 18.8 Å². The van der Waals surface area contributed by atoms with Crippen LogP contribution in [0.3, 0.4) is 0 Å². The summed E-state index contributed by atoms with van der Waals surface area (Å²) in [6.45, 7) is 1.50. The lowest BCUT2D eigenvalue weighted by Gasteiger charge is -2.39. The number of hydrogen-bond acceptors (Lipinski definition) is 6. The maximum atomic E-state index is 11.1. The molecule has 0 bridgehead atoms. The number of rotatable bonds is 8. The number of ether oxygens (including phenoxy) is 2. The molecule has 0 aromatic heterocycles. The first-order valence-electron chi connectivity index (χ1n) is 6.85. The van der Waals surface area contributed by atoms with Crippen molar-refractivity contribution in [2.24, 2.45) is 0 Å². The molecule has 0 aromatic carbocycles. The van der Waals surface area contributed by atoms with E-state index in [1.807, 2.05) is 0 Å². The lowest BCUT2D eigenvalue weighted by molar-refractivity contribution is -0.237. The van der Waals surface area contributed by atoms with E-state index in [0.29, 0.717) is 25.9 Å². The van der Waals surface area contributed by atoms with Crippen LogP contribution in [0, 0.1) is 0 Å². The fourth-order valence-corrected chi connectivity index (χ4v) is 2.12. The molecule has 4 atom stereocenters. The van der Waals surface area contributed by atoms with Gasteiger partial charge in [-0.3, -0.25) is 4.79 Å². The van der Waals surface area contributed by atoms with Gasteiger partial charge in [0.1, 0.15) is 12.3 Å². The summed E-state index contributed by atoms with van der Waals surface area (Å²) in [4.78, 5) is 21.3. The minimum atomic E-state index is -0.829. The Hall–Kier alpha value is -1.02. The number of unbranched alkanes of at least 4 members (excludes halogenated alkanes) is 2. The van der Waals surface area contributed by atoms with Crippen molar-refractivity contribution in [3.8, 4) is 0 Å². The predicted molar refractivity (Wildman–Crippen MR) is 69.8 cm³/mol. The number of amides is 1. The number of nitrogens with one attached hydrogen (secondary N) is 1. The minimum absolute atomic E-state index is 0.213. The van der Waals surface area contributed by atoms with Gasteiger partial charge >= 0.3 is 0 Å². The molecule has 20 heavy (non-hydrogen) atoms. The molecule has 1 saturated heterocycles. The molecule has 0 aliphatic carbocycles. The van der Waals surface area contributed by atoms with Crippen molar-refractivity contribution in [3.05, 3.63) is 0 Å². The third-order valence-corrected chi connectivity index (χ3v) is 3.11. The molecular weight excluding hydrogens is 266 g/mol. The smallest absolute Gasteiger partial charge is 0.217 e. The molecule has 0 saturated carbocycles. The number of aldehydes is 1. The highest BCUT2D eigenvalue weighted by Gasteiger charge is 2.38. The van der Waals surface area contributed by atoms with E-state index in [1.54, 1.807) is 0 Å². The number of hydrogen-bond donors (Lipinski definition) is 3. The van der Waals surface area contributed by atoms with E-state index in [4.69, 9.17) is 14.6 Å². The van der Waals surface area contributed by atoms with Crippen molar-refractivity contribution in [1.29, 1.82) is 0 Å². The Balaban J connectivity index is 2.49. The highest BCUT2D eigenvalue weighted by molar-refractivity contribution is 5.73. The lowest BCUT2D eigenvalue weighted by atomic mass is 10.0. The summed E-state index contributed by atoms with van der Waals surface area (Å²) in [7, 11) is 0. The minimum Gasteiger partial charge on any atom is -0.394 e. The number of aliphatic hydroxyl groups is 2. The van der Waals surface area contributed by atoms with Crippen LogP contribution in [0.2, 0.25) is 0 Å². The van der Waals surface area contributed by atoms with E-state index in [9.17, 15) is 14.7 Å². The molecule has 7 nitrogen and oxygen atoms in total. The first kappa shape index (κ1) is 17.0. The summed E-state index contributed by atoms with van der Waals surface area (Å²) in [6, 6.07) is -0.652. The van der Waals surface area contributed by atoms with Gasteiger partial charge in [0.15, 0.2) is 6.29 Å². The molecular formula is C13H23NO6. The number of carbonyl (C=O) groups is 2.